The first-order valence-electron chi connectivity index (χ1n) is 17.8. The Balaban J connectivity index is 1.08. The van der Waals surface area contributed by atoms with Crippen molar-refractivity contribution in [1.29, 1.82) is 0 Å². The van der Waals surface area contributed by atoms with Crippen molar-refractivity contribution in [2.75, 3.05) is 4.90 Å². The van der Waals surface area contributed by atoms with Crippen LogP contribution in [-0.4, -0.2) is 4.98 Å². The van der Waals surface area contributed by atoms with Crippen LogP contribution in [-0.2, 0) is 5.41 Å². The van der Waals surface area contributed by atoms with Crippen molar-refractivity contribution in [2.45, 2.75) is 12.3 Å². The lowest BCUT2D eigenvalue weighted by Gasteiger charge is -2.30. The molecule has 0 bridgehead atoms. The van der Waals surface area contributed by atoms with E-state index in [1.165, 1.54) is 27.8 Å². The van der Waals surface area contributed by atoms with E-state index in [4.69, 9.17) is 4.42 Å². The standard InChI is InChI=1S/C49H34N2O/c1-49(45-19-5-2-14-41(45)42-15-3-6-20-46(42)49)36-24-28-38(29-25-36)51(39-13-8-11-34(31-39)35-12-10-30-50-32-35)37-26-22-33(23-27-37)40-17-9-18-44-43-16-4-7-21-47(43)52-48(40)44/h2-32H,1H3. The van der Waals surface area contributed by atoms with E-state index in [1.54, 1.807) is 0 Å². The highest BCUT2D eigenvalue weighted by molar-refractivity contribution is 6.09. The number of aromatic nitrogens is 1. The zero-order chi connectivity index (χ0) is 34.6. The first kappa shape index (κ1) is 30.1. The Bertz CT molecular complexity index is 2700. The van der Waals surface area contributed by atoms with Crippen LogP contribution in [0.1, 0.15) is 23.6 Å². The summed E-state index contributed by atoms with van der Waals surface area (Å²) in [6.07, 6.45) is 3.74. The van der Waals surface area contributed by atoms with E-state index < -0.39 is 0 Å². The van der Waals surface area contributed by atoms with Crippen molar-refractivity contribution in [3.8, 4) is 33.4 Å². The minimum absolute atomic E-state index is 0.254. The zero-order valence-corrected chi connectivity index (χ0v) is 28.7. The summed E-state index contributed by atoms with van der Waals surface area (Å²) in [6, 6.07) is 63.1. The molecule has 1 aliphatic carbocycles. The van der Waals surface area contributed by atoms with Gasteiger partial charge in [-0.05, 0) is 94.4 Å². The molecule has 0 radical (unpaired) electrons. The van der Waals surface area contributed by atoms with Gasteiger partial charge in [0.15, 0.2) is 0 Å². The van der Waals surface area contributed by atoms with Crippen LogP contribution in [0.2, 0.25) is 0 Å². The molecule has 10 rings (SSSR count). The van der Waals surface area contributed by atoms with E-state index in [0.717, 1.165) is 61.3 Å². The SMILES string of the molecule is CC1(c2ccc(N(c3ccc(-c4cccc5c4oc4ccccc45)cc3)c3cccc(-c4cccnc4)c3)cc2)c2ccccc2-c2ccccc21. The number of hydrogen-bond donors (Lipinski definition) is 0. The van der Waals surface area contributed by atoms with Crippen LogP contribution in [0, 0.1) is 0 Å². The number of furan rings is 1. The van der Waals surface area contributed by atoms with Crippen LogP contribution in [0.25, 0.3) is 55.3 Å². The highest BCUT2D eigenvalue weighted by Gasteiger charge is 2.40. The van der Waals surface area contributed by atoms with Crippen LogP contribution in [0.3, 0.4) is 0 Å². The van der Waals surface area contributed by atoms with E-state index in [1.807, 2.05) is 30.6 Å². The van der Waals surface area contributed by atoms with Crippen LogP contribution in [0.4, 0.5) is 17.1 Å². The van der Waals surface area contributed by atoms with E-state index in [0.29, 0.717) is 0 Å². The van der Waals surface area contributed by atoms with Crippen molar-refractivity contribution >= 4 is 39.0 Å². The fourth-order valence-corrected chi connectivity index (χ4v) is 8.28. The molecule has 9 aromatic rings. The molecule has 2 heterocycles. The smallest absolute Gasteiger partial charge is 0.143 e. The molecule has 3 nitrogen and oxygen atoms in total. The summed E-state index contributed by atoms with van der Waals surface area (Å²) < 4.78 is 6.40. The van der Waals surface area contributed by atoms with Gasteiger partial charge in [0.25, 0.3) is 0 Å². The van der Waals surface area contributed by atoms with Gasteiger partial charge in [-0.3, -0.25) is 4.98 Å². The average Bonchev–Trinajstić information content (AvgIpc) is 3.73. The van der Waals surface area contributed by atoms with Crippen molar-refractivity contribution in [1.82, 2.24) is 4.98 Å². The van der Waals surface area contributed by atoms with E-state index >= 15 is 0 Å². The van der Waals surface area contributed by atoms with Crippen molar-refractivity contribution in [3.05, 3.63) is 205 Å². The van der Waals surface area contributed by atoms with Crippen molar-refractivity contribution in [2.24, 2.45) is 0 Å². The summed E-state index contributed by atoms with van der Waals surface area (Å²) in [4.78, 5) is 6.73. The molecule has 0 N–H and O–H groups in total. The fourth-order valence-electron chi connectivity index (χ4n) is 8.28. The molecule has 1 aliphatic rings. The number of hydrogen-bond acceptors (Lipinski definition) is 3. The Morgan fingerprint density at radius 3 is 1.83 bits per heavy atom. The number of benzene rings is 7. The molecule has 246 valence electrons. The molecule has 52 heavy (non-hydrogen) atoms. The number of pyridine rings is 1. The zero-order valence-electron chi connectivity index (χ0n) is 28.7. The second kappa shape index (κ2) is 12.0. The molecule has 0 fully saturated rings. The largest absolute Gasteiger partial charge is 0.455 e. The van der Waals surface area contributed by atoms with Gasteiger partial charge in [-0.25, -0.2) is 0 Å². The minimum Gasteiger partial charge on any atom is -0.455 e. The highest BCUT2D eigenvalue weighted by atomic mass is 16.3. The van der Waals surface area contributed by atoms with Gasteiger partial charge < -0.3 is 9.32 Å². The molecule has 2 aromatic heterocycles. The topological polar surface area (TPSA) is 29.3 Å². The molecule has 0 aliphatic heterocycles. The Morgan fingerprint density at radius 2 is 1.10 bits per heavy atom. The lowest BCUT2D eigenvalue weighted by molar-refractivity contribution is 0.670. The summed E-state index contributed by atoms with van der Waals surface area (Å²) in [6.45, 7) is 2.36. The minimum atomic E-state index is -0.254. The summed E-state index contributed by atoms with van der Waals surface area (Å²) in [5.74, 6) is 0. The fraction of sp³-hybridized carbons (Fsp3) is 0.0408. The Morgan fingerprint density at radius 1 is 0.481 bits per heavy atom. The predicted molar refractivity (Wildman–Crippen MR) is 215 cm³/mol. The molecular weight excluding hydrogens is 633 g/mol. The third-order valence-corrected chi connectivity index (χ3v) is 10.9. The third kappa shape index (κ3) is 4.70. The molecule has 7 aromatic carbocycles. The maximum absolute atomic E-state index is 6.40. The number of para-hydroxylation sites is 2. The summed E-state index contributed by atoms with van der Waals surface area (Å²) in [5.41, 5.74) is 15.8. The maximum atomic E-state index is 6.40. The molecule has 0 atom stereocenters. The van der Waals surface area contributed by atoms with E-state index in [2.05, 4.69) is 175 Å². The summed E-state index contributed by atoms with van der Waals surface area (Å²) in [7, 11) is 0. The Kier molecular flexibility index (Phi) is 6.94. The third-order valence-electron chi connectivity index (χ3n) is 10.9. The predicted octanol–water partition coefficient (Wildman–Crippen LogP) is 13.1. The van der Waals surface area contributed by atoms with Gasteiger partial charge in [0.05, 0.1) is 0 Å². The first-order valence-corrected chi connectivity index (χ1v) is 17.8. The van der Waals surface area contributed by atoms with Gasteiger partial charge in [-0.15, -0.1) is 0 Å². The lowest BCUT2D eigenvalue weighted by atomic mass is 9.74. The lowest BCUT2D eigenvalue weighted by Crippen LogP contribution is -2.22. The average molecular weight is 667 g/mol. The van der Waals surface area contributed by atoms with Crippen LogP contribution in [0.15, 0.2) is 193 Å². The molecule has 0 saturated heterocycles. The van der Waals surface area contributed by atoms with Crippen molar-refractivity contribution in [3.63, 3.8) is 0 Å². The van der Waals surface area contributed by atoms with Crippen LogP contribution < -0.4 is 4.90 Å². The molecule has 0 amide bonds. The number of nitrogens with zero attached hydrogens (tertiary/aromatic N) is 2. The summed E-state index contributed by atoms with van der Waals surface area (Å²) >= 11 is 0. The van der Waals surface area contributed by atoms with Crippen LogP contribution in [0.5, 0.6) is 0 Å². The van der Waals surface area contributed by atoms with E-state index in [9.17, 15) is 0 Å². The number of rotatable bonds is 6. The first-order chi connectivity index (χ1) is 25.7. The second-order valence-corrected chi connectivity index (χ2v) is 13.7. The molecule has 0 unspecified atom stereocenters. The van der Waals surface area contributed by atoms with Gasteiger partial charge in [0.2, 0.25) is 0 Å². The molecular formula is C49H34N2O. The monoisotopic (exact) mass is 666 g/mol. The molecule has 3 heteroatoms. The number of anilines is 3. The van der Waals surface area contributed by atoms with Crippen molar-refractivity contribution < 1.29 is 4.42 Å². The van der Waals surface area contributed by atoms with Gasteiger partial charge in [0.1, 0.15) is 11.2 Å². The van der Waals surface area contributed by atoms with Gasteiger partial charge in [-0.1, -0.05) is 127 Å². The Labute approximate surface area is 303 Å². The van der Waals surface area contributed by atoms with Gasteiger partial charge in [-0.2, -0.15) is 0 Å². The highest BCUT2D eigenvalue weighted by Crippen LogP contribution is 2.52. The van der Waals surface area contributed by atoms with Crippen LogP contribution >= 0.6 is 0 Å². The van der Waals surface area contributed by atoms with E-state index in [-0.39, 0.29) is 5.41 Å². The summed E-state index contributed by atoms with van der Waals surface area (Å²) in [5, 5.41) is 2.27. The van der Waals surface area contributed by atoms with Gasteiger partial charge >= 0.3 is 0 Å². The molecule has 0 saturated carbocycles. The Hall–Kier alpha value is -6.71. The maximum Gasteiger partial charge on any atom is 0.143 e. The normalized spacial score (nSPS) is 12.9. The quantitative estimate of drug-likeness (QED) is 0.177. The number of fused-ring (bicyclic) bond motifs is 6. The second-order valence-electron chi connectivity index (χ2n) is 13.7. The molecule has 0 spiro atoms. The van der Waals surface area contributed by atoms with Gasteiger partial charge in [0, 0.05) is 56.8 Å².